The first kappa shape index (κ1) is 11.2. The van der Waals surface area contributed by atoms with Gasteiger partial charge in [-0.05, 0) is 12.8 Å². The normalized spacial score (nSPS) is 10.7. The van der Waals surface area contributed by atoms with Crippen molar-refractivity contribution < 1.29 is 0 Å². The van der Waals surface area contributed by atoms with Crippen LogP contribution in [0.15, 0.2) is 6.07 Å². The smallest absolute Gasteiger partial charge is 0.134 e. The monoisotopic (exact) mass is 213 g/mol. The Morgan fingerprint density at radius 3 is 2.57 bits per heavy atom. The van der Waals surface area contributed by atoms with Crippen molar-refractivity contribution in [1.29, 1.82) is 0 Å². The van der Waals surface area contributed by atoms with E-state index in [9.17, 15) is 0 Å². The van der Waals surface area contributed by atoms with Crippen molar-refractivity contribution in [1.82, 2.24) is 9.97 Å². The molecular formula is C10H16ClN3. The number of hydrogen-bond donors (Lipinski definition) is 0. The summed E-state index contributed by atoms with van der Waals surface area (Å²) in [7, 11) is 2.01. The standard InChI is InChI=1S/C10H16ClN3/c1-7(2)6-14(4)10-5-9(11)12-8(3)13-10/h5,7H,6H2,1-4H3. The molecule has 0 bridgehead atoms. The van der Waals surface area contributed by atoms with Gasteiger partial charge in [-0.1, -0.05) is 25.4 Å². The maximum atomic E-state index is 5.85. The molecule has 1 rings (SSSR count). The van der Waals surface area contributed by atoms with Gasteiger partial charge in [0, 0.05) is 19.7 Å². The highest BCUT2D eigenvalue weighted by Gasteiger charge is 2.06. The van der Waals surface area contributed by atoms with Crippen LogP contribution in [-0.4, -0.2) is 23.6 Å². The Morgan fingerprint density at radius 1 is 1.43 bits per heavy atom. The van der Waals surface area contributed by atoms with Crippen molar-refractivity contribution in [2.24, 2.45) is 5.92 Å². The summed E-state index contributed by atoms with van der Waals surface area (Å²) in [4.78, 5) is 10.4. The minimum Gasteiger partial charge on any atom is -0.359 e. The van der Waals surface area contributed by atoms with Gasteiger partial charge in [0.1, 0.15) is 16.8 Å². The molecule has 0 atom stereocenters. The van der Waals surface area contributed by atoms with Crippen LogP contribution in [0.3, 0.4) is 0 Å². The summed E-state index contributed by atoms with van der Waals surface area (Å²) in [5, 5.41) is 0.503. The molecule has 0 spiro atoms. The Morgan fingerprint density at radius 2 is 2.07 bits per heavy atom. The molecule has 0 N–H and O–H groups in total. The fourth-order valence-electron chi connectivity index (χ4n) is 1.35. The fraction of sp³-hybridized carbons (Fsp3) is 0.600. The molecule has 0 aliphatic carbocycles. The molecule has 0 amide bonds. The van der Waals surface area contributed by atoms with E-state index in [1.807, 2.05) is 14.0 Å². The van der Waals surface area contributed by atoms with E-state index in [0.717, 1.165) is 12.4 Å². The van der Waals surface area contributed by atoms with Crippen LogP contribution in [0.1, 0.15) is 19.7 Å². The van der Waals surface area contributed by atoms with Gasteiger partial charge in [-0.25, -0.2) is 9.97 Å². The first-order valence-corrected chi connectivity index (χ1v) is 5.09. The van der Waals surface area contributed by atoms with Crippen LogP contribution < -0.4 is 4.90 Å². The highest BCUT2D eigenvalue weighted by atomic mass is 35.5. The van der Waals surface area contributed by atoms with E-state index in [1.165, 1.54) is 0 Å². The second-order valence-corrected chi connectivity index (χ2v) is 4.26. The van der Waals surface area contributed by atoms with Crippen LogP contribution in [0.2, 0.25) is 5.15 Å². The van der Waals surface area contributed by atoms with Crippen LogP contribution in [0.4, 0.5) is 5.82 Å². The van der Waals surface area contributed by atoms with Gasteiger partial charge in [-0.15, -0.1) is 0 Å². The van der Waals surface area contributed by atoms with Gasteiger partial charge < -0.3 is 4.90 Å². The van der Waals surface area contributed by atoms with E-state index in [-0.39, 0.29) is 0 Å². The number of aryl methyl sites for hydroxylation is 1. The average Bonchev–Trinajstić information content (AvgIpc) is 2.00. The van der Waals surface area contributed by atoms with Crippen molar-refractivity contribution in [3.05, 3.63) is 17.0 Å². The van der Waals surface area contributed by atoms with Crippen molar-refractivity contribution in [2.45, 2.75) is 20.8 Å². The third kappa shape index (κ3) is 3.14. The first-order chi connectivity index (χ1) is 6.49. The number of halogens is 1. The predicted octanol–water partition coefficient (Wildman–Crippen LogP) is 2.53. The van der Waals surface area contributed by atoms with Gasteiger partial charge in [0.05, 0.1) is 0 Å². The molecule has 3 nitrogen and oxygen atoms in total. The van der Waals surface area contributed by atoms with Gasteiger partial charge >= 0.3 is 0 Å². The molecule has 0 radical (unpaired) electrons. The molecule has 0 unspecified atom stereocenters. The Labute approximate surface area is 90.1 Å². The third-order valence-corrected chi connectivity index (χ3v) is 2.02. The topological polar surface area (TPSA) is 29.0 Å². The zero-order valence-electron chi connectivity index (χ0n) is 9.08. The summed E-state index contributed by atoms with van der Waals surface area (Å²) in [5.41, 5.74) is 0. The van der Waals surface area contributed by atoms with Gasteiger partial charge in [0.15, 0.2) is 0 Å². The Bertz CT molecular complexity index is 292. The van der Waals surface area contributed by atoms with E-state index >= 15 is 0 Å². The SMILES string of the molecule is Cc1nc(Cl)cc(N(C)CC(C)C)n1. The van der Waals surface area contributed by atoms with Gasteiger partial charge in [0.2, 0.25) is 0 Å². The average molecular weight is 214 g/mol. The predicted molar refractivity (Wildman–Crippen MR) is 59.9 cm³/mol. The molecule has 1 heterocycles. The number of hydrogen-bond acceptors (Lipinski definition) is 3. The maximum Gasteiger partial charge on any atom is 0.134 e. The summed E-state index contributed by atoms with van der Waals surface area (Å²) in [6, 6.07) is 1.79. The molecule has 0 aliphatic heterocycles. The minimum atomic E-state index is 0.503. The molecule has 0 saturated heterocycles. The Hall–Kier alpha value is -0.830. The van der Waals surface area contributed by atoms with Gasteiger partial charge in [-0.3, -0.25) is 0 Å². The first-order valence-electron chi connectivity index (χ1n) is 4.71. The molecule has 1 aromatic heterocycles. The zero-order valence-corrected chi connectivity index (χ0v) is 9.84. The van der Waals surface area contributed by atoms with Crippen LogP contribution in [0.5, 0.6) is 0 Å². The summed E-state index contributed by atoms with van der Waals surface area (Å²) in [5.74, 6) is 2.20. The van der Waals surface area contributed by atoms with E-state index < -0.39 is 0 Å². The van der Waals surface area contributed by atoms with Crippen molar-refractivity contribution in [3.63, 3.8) is 0 Å². The van der Waals surface area contributed by atoms with Crippen molar-refractivity contribution >= 4 is 17.4 Å². The number of anilines is 1. The third-order valence-electron chi connectivity index (χ3n) is 1.82. The molecule has 0 aromatic carbocycles. The van der Waals surface area contributed by atoms with Crippen LogP contribution in [0, 0.1) is 12.8 Å². The van der Waals surface area contributed by atoms with E-state index in [2.05, 4.69) is 28.7 Å². The summed E-state index contributed by atoms with van der Waals surface area (Å²) >= 11 is 5.85. The second-order valence-electron chi connectivity index (χ2n) is 3.87. The highest BCUT2D eigenvalue weighted by Crippen LogP contribution is 2.15. The Kier molecular flexibility index (Phi) is 3.69. The Balaban J connectivity index is 2.84. The summed E-state index contributed by atoms with van der Waals surface area (Å²) < 4.78 is 0. The second kappa shape index (κ2) is 4.60. The molecular weight excluding hydrogens is 198 g/mol. The largest absolute Gasteiger partial charge is 0.359 e. The number of nitrogens with zero attached hydrogens (tertiary/aromatic N) is 3. The van der Waals surface area contributed by atoms with Gasteiger partial charge in [0.25, 0.3) is 0 Å². The van der Waals surface area contributed by atoms with E-state index in [1.54, 1.807) is 6.07 Å². The highest BCUT2D eigenvalue weighted by molar-refractivity contribution is 6.29. The summed E-state index contributed by atoms with van der Waals surface area (Å²) in [6.07, 6.45) is 0. The molecule has 14 heavy (non-hydrogen) atoms. The van der Waals surface area contributed by atoms with Crippen molar-refractivity contribution in [2.75, 3.05) is 18.5 Å². The molecule has 4 heteroatoms. The lowest BCUT2D eigenvalue weighted by Gasteiger charge is -2.20. The van der Waals surface area contributed by atoms with E-state index in [4.69, 9.17) is 11.6 Å². The van der Waals surface area contributed by atoms with Crippen LogP contribution in [0.25, 0.3) is 0 Å². The molecule has 1 aromatic rings. The van der Waals surface area contributed by atoms with Crippen molar-refractivity contribution in [3.8, 4) is 0 Å². The van der Waals surface area contributed by atoms with E-state index in [0.29, 0.717) is 16.9 Å². The van der Waals surface area contributed by atoms with Crippen LogP contribution >= 0.6 is 11.6 Å². The van der Waals surface area contributed by atoms with Crippen LogP contribution in [-0.2, 0) is 0 Å². The molecule has 0 aliphatic rings. The molecule has 78 valence electrons. The fourth-order valence-corrected chi connectivity index (χ4v) is 1.57. The lowest BCUT2D eigenvalue weighted by molar-refractivity contribution is 0.633. The summed E-state index contributed by atoms with van der Waals surface area (Å²) in [6.45, 7) is 7.16. The number of aromatic nitrogens is 2. The zero-order chi connectivity index (χ0) is 10.7. The maximum absolute atomic E-state index is 5.85. The number of rotatable bonds is 3. The molecule has 0 fully saturated rings. The minimum absolute atomic E-state index is 0.503. The quantitative estimate of drug-likeness (QED) is 0.723. The van der Waals surface area contributed by atoms with Gasteiger partial charge in [-0.2, -0.15) is 0 Å². The molecule has 0 saturated carbocycles. The lowest BCUT2D eigenvalue weighted by atomic mass is 10.2. The lowest BCUT2D eigenvalue weighted by Crippen LogP contribution is -2.23.